The Morgan fingerprint density at radius 1 is 1.24 bits per heavy atom. The smallest absolute Gasteiger partial charge is 0.162 e. The van der Waals surface area contributed by atoms with E-state index in [9.17, 15) is 9.00 Å². The summed E-state index contributed by atoms with van der Waals surface area (Å²) in [5, 5.41) is 0. The van der Waals surface area contributed by atoms with E-state index < -0.39 is 11.0 Å². The van der Waals surface area contributed by atoms with E-state index in [0.29, 0.717) is 6.42 Å². The Labute approximate surface area is 138 Å². The Hall–Kier alpha value is -0.810. The van der Waals surface area contributed by atoms with Crippen LogP contribution in [-0.4, -0.2) is 21.0 Å². The number of carbonyl (C=O) groups is 1. The van der Waals surface area contributed by atoms with Gasteiger partial charge in [-0.05, 0) is 52.2 Å². The van der Waals surface area contributed by atoms with E-state index in [0.717, 1.165) is 29.3 Å². The fraction of sp³-hybridized carbons (Fsp3) is 0.500. The maximum absolute atomic E-state index is 11.9. The van der Waals surface area contributed by atoms with Crippen molar-refractivity contribution in [3.05, 3.63) is 34.3 Å². The molecule has 0 aliphatic heterocycles. The molecule has 1 atom stereocenters. The normalized spacial score (nSPS) is 13.5. The van der Waals surface area contributed by atoms with E-state index in [2.05, 4.69) is 20.3 Å². The van der Waals surface area contributed by atoms with E-state index >= 15 is 0 Å². The average molecular weight is 372 g/mol. The number of benzene rings is 1. The Balaban J connectivity index is 2.25. The van der Waals surface area contributed by atoms with Gasteiger partial charge in [0, 0.05) is 22.7 Å². The average Bonchev–Trinajstić information content (AvgIpc) is 2.41. The van der Waals surface area contributed by atoms with Gasteiger partial charge in [0.25, 0.3) is 0 Å². The van der Waals surface area contributed by atoms with Crippen LogP contribution < -0.4 is 0 Å². The van der Waals surface area contributed by atoms with Gasteiger partial charge < -0.3 is 0 Å². The predicted molar refractivity (Wildman–Crippen MR) is 93.3 cm³/mol. The molecule has 0 saturated heterocycles. The number of nitrogens with zero attached hydrogens (tertiary/aromatic N) is 1. The van der Waals surface area contributed by atoms with Crippen molar-refractivity contribution in [3.63, 3.8) is 0 Å². The molecule has 21 heavy (non-hydrogen) atoms. The SMILES string of the molecule is CC(C)(C)[S@@](=O)/N=C/CCCCC(=O)c1ccc(Br)cc1. The fourth-order valence-electron chi connectivity index (χ4n) is 1.58. The lowest BCUT2D eigenvalue weighted by Crippen LogP contribution is -2.19. The number of Topliss-reactive ketones (excluding diaryl/α,β-unsaturated/α-hetero) is 1. The molecule has 0 saturated carbocycles. The van der Waals surface area contributed by atoms with Gasteiger partial charge in [0.15, 0.2) is 5.78 Å². The molecule has 0 aromatic heterocycles. The second-order valence-corrected chi connectivity index (χ2v) is 8.67. The molecule has 0 aliphatic carbocycles. The van der Waals surface area contributed by atoms with Gasteiger partial charge >= 0.3 is 0 Å². The molecule has 0 unspecified atom stereocenters. The Morgan fingerprint density at radius 2 is 1.86 bits per heavy atom. The van der Waals surface area contributed by atoms with Crippen LogP contribution in [0.4, 0.5) is 0 Å². The van der Waals surface area contributed by atoms with E-state index in [1.807, 2.05) is 45.0 Å². The molecule has 0 spiro atoms. The maximum atomic E-state index is 11.9. The summed E-state index contributed by atoms with van der Waals surface area (Å²) in [5.41, 5.74) is 0.751. The molecule has 0 radical (unpaired) electrons. The lowest BCUT2D eigenvalue weighted by molar-refractivity contribution is 0.0979. The molecule has 0 heterocycles. The molecule has 0 N–H and O–H groups in total. The monoisotopic (exact) mass is 371 g/mol. The predicted octanol–water partition coefficient (Wildman–Crippen LogP) is 4.73. The number of hydrogen-bond donors (Lipinski definition) is 0. The maximum Gasteiger partial charge on any atom is 0.162 e. The van der Waals surface area contributed by atoms with Crippen molar-refractivity contribution in [2.45, 2.75) is 51.2 Å². The van der Waals surface area contributed by atoms with Gasteiger partial charge in [-0.15, -0.1) is 0 Å². The highest BCUT2D eigenvalue weighted by atomic mass is 79.9. The zero-order valence-corrected chi connectivity index (χ0v) is 15.2. The lowest BCUT2D eigenvalue weighted by atomic mass is 10.1. The second-order valence-electron chi connectivity index (χ2n) is 5.83. The summed E-state index contributed by atoms with van der Waals surface area (Å²) in [5.74, 6) is 0.165. The summed E-state index contributed by atoms with van der Waals surface area (Å²) in [7, 11) is -1.19. The Kier molecular flexibility index (Phi) is 7.46. The summed E-state index contributed by atoms with van der Waals surface area (Å²) < 4.78 is 16.4. The number of rotatable bonds is 7. The molecule has 0 fully saturated rings. The number of hydrogen-bond acceptors (Lipinski definition) is 2. The fourth-order valence-corrected chi connectivity index (χ4v) is 2.40. The summed E-state index contributed by atoms with van der Waals surface area (Å²) in [6.45, 7) is 5.70. The van der Waals surface area contributed by atoms with E-state index in [-0.39, 0.29) is 10.5 Å². The highest BCUT2D eigenvalue weighted by Crippen LogP contribution is 2.14. The van der Waals surface area contributed by atoms with E-state index in [1.165, 1.54) is 0 Å². The van der Waals surface area contributed by atoms with E-state index in [4.69, 9.17) is 0 Å². The largest absolute Gasteiger partial charge is 0.294 e. The van der Waals surface area contributed by atoms with Crippen molar-refractivity contribution in [3.8, 4) is 0 Å². The van der Waals surface area contributed by atoms with Gasteiger partial charge in [-0.3, -0.25) is 4.79 Å². The zero-order valence-electron chi connectivity index (χ0n) is 12.8. The summed E-state index contributed by atoms with van der Waals surface area (Å²) >= 11 is 3.35. The van der Waals surface area contributed by atoms with Crippen molar-refractivity contribution in [2.24, 2.45) is 4.40 Å². The third-order valence-corrected chi connectivity index (χ3v) is 4.76. The van der Waals surface area contributed by atoms with Gasteiger partial charge in [0.1, 0.15) is 11.0 Å². The van der Waals surface area contributed by atoms with Crippen LogP contribution in [0, 0.1) is 0 Å². The van der Waals surface area contributed by atoms with Crippen molar-refractivity contribution in [1.82, 2.24) is 0 Å². The van der Waals surface area contributed by atoms with Gasteiger partial charge in [0.2, 0.25) is 0 Å². The Morgan fingerprint density at radius 3 is 2.43 bits per heavy atom. The van der Waals surface area contributed by atoms with Crippen LogP contribution in [0.5, 0.6) is 0 Å². The van der Waals surface area contributed by atoms with Crippen molar-refractivity contribution in [1.29, 1.82) is 0 Å². The molecular formula is C16H22BrNO2S. The quantitative estimate of drug-likeness (QED) is 0.395. The molecule has 0 aliphatic rings. The first kappa shape index (κ1) is 18.2. The topological polar surface area (TPSA) is 46.5 Å². The Bertz CT molecular complexity index is 518. The molecule has 0 bridgehead atoms. The minimum atomic E-state index is -1.19. The standard InChI is InChI=1S/C16H22BrNO2S/c1-16(2,3)21(20)18-12-6-4-5-7-15(19)13-8-10-14(17)11-9-13/h8-12H,4-7H2,1-3H3/b18-12+/t21-/m1/s1. The third-order valence-electron chi connectivity index (χ3n) is 2.85. The first-order valence-electron chi connectivity index (χ1n) is 7.04. The highest BCUT2D eigenvalue weighted by molar-refractivity contribution is 9.10. The molecule has 116 valence electrons. The molecule has 1 aromatic carbocycles. The first-order valence-corrected chi connectivity index (χ1v) is 8.94. The van der Waals surface area contributed by atoms with Crippen LogP contribution in [0.1, 0.15) is 56.8 Å². The lowest BCUT2D eigenvalue weighted by Gasteiger charge is -2.12. The van der Waals surface area contributed by atoms with Crippen LogP contribution in [0.25, 0.3) is 0 Å². The number of carbonyl (C=O) groups excluding carboxylic acids is 1. The zero-order chi connectivity index (χ0) is 15.9. The second kappa shape index (κ2) is 8.59. The molecule has 0 amide bonds. The molecular weight excluding hydrogens is 350 g/mol. The molecule has 1 rings (SSSR count). The highest BCUT2D eigenvalue weighted by Gasteiger charge is 2.17. The summed E-state index contributed by atoms with van der Waals surface area (Å²) in [4.78, 5) is 11.9. The minimum absolute atomic E-state index is 0.165. The van der Waals surface area contributed by atoms with Gasteiger partial charge in [-0.25, -0.2) is 4.21 Å². The third kappa shape index (κ3) is 7.14. The van der Waals surface area contributed by atoms with Crippen molar-refractivity contribution in [2.75, 3.05) is 0 Å². The summed E-state index contributed by atoms with van der Waals surface area (Å²) in [6, 6.07) is 7.42. The van der Waals surface area contributed by atoms with Crippen LogP contribution in [0.2, 0.25) is 0 Å². The summed E-state index contributed by atoms with van der Waals surface area (Å²) in [6.07, 6.45) is 4.72. The van der Waals surface area contributed by atoms with Gasteiger partial charge in [0.05, 0.1) is 4.75 Å². The minimum Gasteiger partial charge on any atom is -0.294 e. The number of halogens is 1. The van der Waals surface area contributed by atoms with Crippen LogP contribution >= 0.6 is 15.9 Å². The van der Waals surface area contributed by atoms with Gasteiger partial charge in [-0.2, -0.15) is 4.40 Å². The van der Waals surface area contributed by atoms with Gasteiger partial charge in [-0.1, -0.05) is 28.1 Å². The van der Waals surface area contributed by atoms with E-state index in [1.54, 1.807) is 6.21 Å². The molecule has 3 nitrogen and oxygen atoms in total. The van der Waals surface area contributed by atoms with Crippen LogP contribution in [0.15, 0.2) is 33.1 Å². The number of unbranched alkanes of at least 4 members (excludes halogenated alkanes) is 2. The molecule has 1 aromatic rings. The van der Waals surface area contributed by atoms with Crippen LogP contribution in [0.3, 0.4) is 0 Å². The van der Waals surface area contributed by atoms with Crippen molar-refractivity contribution < 1.29 is 9.00 Å². The molecule has 5 heteroatoms. The van der Waals surface area contributed by atoms with Crippen molar-refractivity contribution >= 4 is 38.9 Å². The first-order chi connectivity index (χ1) is 9.80. The van der Waals surface area contributed by atoms with Crippen LogP contribution in [-0.2, 0) is 11.0 Å². The number of ketones is 1.